The SMILES string of the molecule is CCOc1ccccc1NC(=O)C(=O)NC[C@H](c1ccc2c(c1)CCN2C)N(C)C. The summed E-state index contributed by atoms with van der Waals surface area (Å²) in [7, 11) is 6.03. The summed E-state index contributed by atoms with van der Waals surface area (Å²) in [6, 6.07) is 13.5. The average molecular weight is 411 g/mol. The molecule has 0 fully saturated rings. The molecule has 0 spiro atoms. The summed E-state index contributed by atoms with van der Waals surface area (Å²) >= 11 is 0. The van der Waals surface area contributed by atoms with Gasteiger partial charge < -0.3 is 25.2 Å². The van der Waals surface area contributed by atoms with E-state index in [0.717, 1.165) is 18.5 Å². The molecule has 1 aliphatic rings. The highest BCUT2D eigenvalue weighted by molar-refractivity contribution is 6.39. The van der Waals surface area contributed by atoms with E-state index in [9.17, 15) is 9.59 Å². The lowest BCUT2D eigenvalue weighted by atomic mass is 10.0. The highest BCUT2D eigenvalue weighted by Crippen LogP contribution is 2.30. The molecule has 3 rings (SSSR count). The molecule has 2 N–H and O–H groups in total. The first-order chi connectivity index (χ1) is 14.4. The number of rotatable bonds is 7. The lowest BCUT2D eigenvalue weighted by molar-refractivity contribution is -0.136. The molecule has 0 bridgehead atoms. The summed E-state index contributed by atoms with van der Waals surface area (Å²) in [5, 5.41) is 5.40. The Hall–Kier alpha value is -3.06. The highest BCUT2D eigenvalue weighted by Gasteiger charge is 2.22. The third kappa shape index (κ3) is 4.91. The molecule has 1 aliphatic heterocycles. The Kier molecular flexibility index (Phi) is 6.95. The van der Waals surface area contributed by atoms with Crippen molar-refractivity contribution in [2.24, 2.45) is 0 Å². The van der Waals surface area contributed by atoms with Crippen LogP contribution in [0.25, 0.3) is 0 Å². The number of carbonyl (C=O) groups is 2. The van der Waals surface area contributed by atoms with Gasteiger partial charge in [-0.05, 0) is 56.8 Å². The molecule has 0 aliphatic carbocycles. The Morgan fingerprint density at radius 2 is 1.93 bits per heavy atom. The molecule has 0 saturated heterocycles. The van der Waals surface area contributed by atoms with Crippen LogP contribution < -0.4 is 20.3 Å². The van der Waals surface area contributed by atoms with Gasteiger partial charge in [-0.3, -0.25) is 9.59 Å². The van der Waals surface area contributed by atoms with Crippen LogP contribution in [0.1, 0.15) is 24.1 Å². The van der Waals surface area contributed by atoms with Gasteiger partial charge in [-0.1, -0.05) is 24.3 Å². The van der Waals surface area contributed by atoms with Crippen molar-refractivity contribution in [1.82, 2.24) is 10.2 Å². The van der Waals surface area contributed by atoms with Crippen LogP contribution in [0, 0.1) is 0 Å². The van der Waals surface area contributed by atoms with Crippen molar-refractivity contribution >= 4 is 23.2 Å². The fourth-order valence-corrected chi connectivity index (χ4v) is 3.69. The second kappa shape index (κ2) is 9.63. The van der Waals surface area contributed by atoms with Gasteiger partial charge in [-0.25, -0.2) is 0 Å². The number of fused-ring (bicyclic) bond motifs is 1. The monoisotopic (exact) mass is 410 g/mol. The fraction of sp³-hybridized carbons (Fsp3) is 0.391. The summed E-state index contributed by atoms with van der Waals surface area (Å²) in [4.78, 5) is 29.1. The van der Waals surface area contributed by atoms with Crippen LogP contribution in [0.5, 0.6) is 5.75 Å². The molecule has 7 heteroatoms. The lowest BCUT2D eigenvalue weighted by Crippen LogP contribution is -2.40. The first kappa shape index (κ1) is 21.6. The van der Waals surface area contributed by atoms with Crippen molar-refractivity contribution in [1.29, 1.82) is 0 Å². The second-order valence-corrected chi connectivity index (χ2v) is 7.63. The molecule has 0 aromatic heterocycles. The maximum Gasteiger partial charge on any atom is 0.313 e. The van der Waals surface area contributed by atoms with Gasteiger partial charge in [-0.15, -0.1) is 0 Å². The van der Waals surface area contributed by atoms with E-state index in [1.165, 1.54) is 11.3 Å². The number of ether oxygens (including phenoxy) is 1. The molecule has 2 aromatic rings. The fourth-order valence-electron chi connectivity index (χ4n) is 3.69. The van der Waals surface area contributed by atoms with E-state index in [4.69, 9.17) is 4.74 Å². The Balaban J connectivity index is 1.64. The number of benzene rings is 2. The summed E-state index contributed by atoms with van der Waals surface area (Å²) in [5.74, 6) is -0.847. The van der Waals surface area contributed by atoms with Gasteiger partial charge in [0, 0.05) is 25.8 Å². The normalized spacial score (nSPS) is 13.7. The zero-order chi connectivity index (χ0) is 21.7. The first-order valence-corrected chi connectivity index (χ1v) is 10.2. The van der Waals surface area contributed by atoms with Crippen LogP contribution in [0.15, 0.2) is 42.5 Å². The lowest BCUT2D eigenvalue weighted by Gasteiger charge is -2.26. The molecule has 2 amide bonds. The van der Waals surface area contributed by atoms with Gasteiger partial charge in [0.05, 0.1) is 18.3 Å². The Morgan fingerprint density at radius 3 is 2.67 bits per heavy atom. The molecule has 0 unspecified atom stereocenters. The van der Waals surface area contributed by atoms with E-state index in [0.29, 0.717) is 24.6 Å². The van der Waals surface area contributed by atoms with Crippen LogP contribution in [-0.4, -0.2) is 57.6 Å². The number of hydrogen-bond acceptors (Lipinski definition) is 5. The van der Waals surface area contributed by atoms with Gasteiger partial charge in [-0.2, -0.15) is 0 Å². The van der Waals surface area contributed by atoms with Gasteiger partial charge in [0.25, 0.3) is 0 Å². The second-order valence-electron chi connectivity index (χ2n) is 7.63. The zero-order valence-electron chi connectivity index (χ0n) is 18.1. The summed E-state index contributed by atoms with van der Waals surface area (Å²) < 4.78 is 5.49. The van der Waals surface area contributed by atoms with Crippen molar-refractivity contribution in [3.63, 3.8) is 0 Å². The van der Waals surface area contributed by atoms with E-state index in [-0.39, 0.29) is 6.04 Å². The van der Waals surface area contributed by atoms with E-state index >= 15 is 0 Å². The van der Waals surface area contributed by atoms with E-state index in [1.807, 2.05) is 32.0 Å². The molecule has 0 radical (unpaired) electrons. The molecule has 1 atom stereocenters. The summed E-state index contributed by atoms with van der Waals surface area (Å²) in [6.07, 6.45) is 1.02. The topological polar surface area (TPSA) is 73.9 Å². The highest BCUT2D eigenvalue weighted by atomic mass is 16.5. The van der Waals surface area contributed by atoms with Crippen LogP contribution in [0.4, 0.5) is 11.4 Å². The average Bonchev–Trinajstić information content (AvgIpc) is 3.09. The Bertz CT molecular complexity index is 913. The number of hydrogen-bond donors (Lipinski definition) is 2. The van der Waals surface area contributed by atoms with Gasteiger partial charge >= 0.3 is 11.8 Å². The van der Waals surface area contributed by atoms with Crippen LogP contribution in [-0.2, 0) is 16.0 Å². The van der Waals surface area contributed by atoms with E-state index < -0.39 is 11.8 Å². The Morgan fingerprint density at radius 1 is 1.17 bits per heavy atom. The minimum atomic E-state index is -0.713. The molecule has 30 heavy (non-hydrogen) atoms. The number of amides is 2. The zero-order valence-corrected chi connectivity index (χ0v) is 18.1. The number of nitrogens with one attached hydrogen (secondary N) is 2. The van der Waals surface area contributed by atoms with E-state index in [1.54, 1.807) is 18.2 Å². The number of anilines is 2. The Labute approximate surface area is 178 Å². The smallest absolute Gasteiger partial charge is 0.313 e. The molecule has 160 valence electrons. The summed E-state index contributed by atoms with van der Waals surface area (Å²) in [5.41, 5.74) is 4.17. The number of para-hydroxylation sites is 2. The minimum Gasteiger partial charge on any atom is -0.492 e. The quantitative estimate of drug-likeness (QED) is 0.686. The van der Waals surface area contributed by atoms with Crippen molar-refractivity contribution in [2.45, 2.75) is 19.4 Å². The standard InChI is InChI=1S/C23H30N4O3/c1-5-30-21-9-7-6-8-18(21)25-23(29)22(28)24-15-20(26(2)3)16-10-11-19-17(14-16)12-13-27(19)4/h6-11,14,20H,5,12-13,15H2,1-4H3,(H,24,28)(H,25,29)/t20-/m1/s1. The predicted molar refractivity (Wildman–Crippen MR) is 119 cm³/mol. The predicted octanol–water partition coefficient (Wildman–Crippen LogP) is 2.44. The maximum absolute atomic E-state index is 12.4. The molecule has 0 saturated carbocycles. The van der Waals surface area contributed by atoms with Crippen molar-refractivity contribution in [2.75, 3.05) is 51.1 Å². The first-order valence-electron chi connectivity index (χ1n) is 10.2. The van der Waals surface area contributed by atoms with Crippen molar-refractivity contribution < 1.29 is 14.3 Å². The molecule has 1 heterocycles. The van der Waals surface area contributed by atoms with Crippen LogP contribution in [0.2, 0.25) is 0 Å². The molecular formula is C23H30N4O3. The number of likely N-dealkylation sites (N-methyl/N-ethyl adjacent to an activating group) is 2. The minimum absolute atomic E-state index is 0.0336. The molecular weight excluding hydrogens is 380 g/mol. The largest absolute Gasteiger partial charge is 0.492 e. The van der Waals surface area contributed by atoms with Crippen LogP contribution in [0.3, 0.4) is 0 Å². The number of carbonyl (C=O) groups excluding carboxylic acids is 2. The van der Waals surface area contributed by atoms with Gasteiger partial charge in [0.1, 0.15) is 5.75 Å². The van der Waals surface area contributed by atoms with Gasteiger partial charge in [0.2, 0.25) is 0 Å². The number of nitrogens with zero attached hydrogens (tertiary/aromatic N) is 2. The third-order valence-electron chi connectivity index (χ3n) is 5.34. The van der Waals surface area contributed by atoms with Crippen LogP contribution >= 0.6 is 0 Å². The summed E-state index contributed by atoms with van der Waals surface area (Å²) in [6.45, 7) is 3.69. The third-order valence-corrected chi connectivity index (χ3v) is 5.34. The van der Waals surface area contributed by atoms with Crippen molar-refractivity contribution in [3.05, 3.63) is 53.6 Å². The van der Waals surface area contributed by atoms with Crippen molar-refractivity contribution in [3.8, 4) is 5.75 Å². The van der Waals surface area contributed by atoms with E-state index in [2.05, 4.69) is 40.8 Å². The van der Waals surface area contributed by atoms with Gasteiger partial charge in [0.15, 0.2) is 0 Å². The maximum atomic E-state index is 12.4. The molecule has 7 nitrogen and oxygen atoms in total. The molecule has 2 aromatic carbocycles.